The number of nitrogens with one attached hydrogen (secondary N) is 1. The van der Waals surface area contributed by atoms with Gasteiger partial charge in [0.15, 0.2) is 0 Å². The summed E-state index contributed by atoms with van der Waals surface area (Å²) in [5.74, 6) is 0.263. The molecule has 120 valence electrons. The molecule has 2 N–H and O–H groups in total. The van der Waals surface area contributed by atoms with Gasteiger partial charge in [0, 0.05) is 35.2 Å². The second kappa shape index (κ2) is 7.62. The normalized spacial score (nSPS) is 16.9. The van der Waals surface area contributed by atoms with Gasteiger partial charge in [-0.25, -0.2) is 0 Å². The minimum Gasteiger partial charge on any atom is -0.507 e. The van der Waals surface area contributed by atoms with E-state index in [4.69, 9.17) is 11.6 Å². The molecule has 0 spiro atoms. The van der Waals surface area contributed by atoms with E-state index in [1.165, 1.54) is 31.5 Å². The van der Waals surface area contributed by atoms with Crippen LogP contribution in [0.1, 0.15) is 30.0 Å². The summed E-state index contributed by atoms with van der Waals surface area (Å²) in [6.07, 6.45) is 4.29. The van der Waals surface area contributed by atoms with Crippen molar-refractivity contribution in [3.8, 4) is 5.75 Å². The summed E-state index contributed by atoms with van der Waals surface area (Å²) in [5, 5.41) is 10.6. The maximum absolute atomic E-state index is 9.83. The molecule has 2 aromatic carbocycles. The van der Waals surface area contributed by atoms with E-state index in [-0.39, 0.29) is 11.8 Å². The second-order valence-electron chi connectivity index (χ2n) is 5.99. The molecule has 0 saturated carbocycles. The molecule has 0 amide bonds. The van der Waals surface area contributed by atoms with E-state index in [1.807, 2.05) is 36.4 Å². The molecule has 0 radical (unpaired) electrons. The minimum absolute atomic E-state index is 0.263. The number of hydrogen-bond acceptors (Lipinski definition) is 2. The lowest BCUT2D eigenvalue weighted by Crippen LogP contribution is -3.10. The van der Waals surface area contributed by atoms with Crippen molar-refractivity contribution in [2.75, 3.05) is 19.6 Å². The lowest BCUT2D eigenvalue weighted by Gasteiger charge is -2.24. The van der Waals surface area contributed by atoms with Crippen LogP contribution in [-0.4, -0.2) is 31.0 Å². The van der Waals surface area contributed by atoms with Gasteiger partial charge in [-0.05, 0) is 18.2 Å². The molecule has 1 atom stereocenters. The van der Waals surface area contributed by atoms with Crippen molar-refractivity contribution < 1.29 is 10.0 Å². The first kappa shape index (κ1) is 16.0. The fourth-order valence-corrected chi connectivity index (χ4v) is 3.50. The van der Waals surface area contributed by atoms with E-state index in [0.717, 1.165) is 10.6 Å². The van der Waals surface area contributed by atoms with Gasteiger partial charge in [-0.15, -0.1) is 0 Å². The third-order valence-corrected chi connectivity index (χ3v) is 4.82. The summed E-state index contributed by atoms with van der Waals surface area (Å²) < 4.78 is 0. The summed E-state index contributed by atoms with van der Waals surface area (Å²) >= 11 is 6.41. The standard InChI is InChI=1S/C19H21ClN2O/c20-17-9-3-2-8-16(17)18(22-11-5-6-12-22)14-21-13-15-7-1-4-10-19(15)23/h1-4,7-10,13,18,23H,5-6,11-12,14H2/p+1/t18-/m0/s1. The highest BCUT2D eigenvalue weighted by Gasteiger charge is 2.28. The van der Waals surface area contributed by atoms with Gasteiger partial charge in [-0.1, -0.05) is 41.9 Å². The molecule has 0 aliphatic carbocycles. The van der Waals surface area contributed by atoms with Crippen LogP contribution >= 0.6 is 11.6 Å². The number of para-hydroxylation sites is 1. The molecule has 1 aliphatic heterocycles. The first-order valence-electron chi connectivity index (χ1n) is 8.12. The molecule has 23 heavy (non-hydrogen) atoms. The number of phenols is 1. The highest BCUT2D eigenvalue weighted by molar-refractivity contribution is 6.31. The Hall–Kier alpha value is -1.84. The van der Waals surface area contributed by atoms with Crippen LogP contribution in [0.3, 0.4) is 0 Å². The van der Waals surface area contributed by atoms with E-state index in [9.17, 15) is 5.11 Å². The number of rotatable bonds is 5. The van der Waals surface area contributed by atoms with Crippen LogP contribution in [0.5, 0.6) is 5.75 Å². The van der Waals surface area contributed by atoms with Crippen molar-refractivity contribution in [2.24, 2.45) is 4.99 Å². The largest absolute Gasteiger partial charge is 0.507 e. The van der Waals surface area contributed by atoms with Gasteiger partial charge in [-0.2, -0.15) is 0 Å². The zero-order valence-corrected chi connectivity index (χ0v) is 13.8. The average Bonchev–Trinajstić information content (AvgIpc) is 3.08. The van der Waals surface area contributed by atoms with Crippen molar-refractivity contribution in [3.05, 3.63) is 64.7 Å². The van der Waals surface area contributed by atoms with Crippen molar-refractivity contribution >= 4 is 17.8 Å². The van der Waals surface area contributed by atoms with Crippen LogP contribution < -0.4 is 4.90 Å². The number of likely N-dealkylation sites (tertiary alicyclic amines) is 1. The molecule has 0 unspecified atom stereocenters. The number of benzene rings is 2. The highest BCUT2D eigenvalue weighted by Crippen LogP contribution is 2.22. The van der Waals surface area contributed by atoms with Gasteiger partial charge in [0.1, 0.15) is 11.8 Å². The number of halogens is 1. The fourth-order valence-electron chi connectivity index (χ4n) is 3.24. The van der Waals surface area contributed by atoms with Gasteiger partial charge < -0.3 is 10.0 Å². The van der Waals surface area contributed by atoms with Crippen molar-refractivity contribution in [3.63, 3.8) is 0 Å². The Balaban J connectivity index is 1.79. The first-order chi connectivity index (χ1) is 11.3. The fraction of sp³-hybridized carbons (Fsp3) is 0.316. The number of phenolic OH excluding ortho intramolecular Hbond substituents is 1. The number of nitrogens with zero attached hydrogens (tertiary/aromatic N) is 1. The van der Waals surface area contributed by atoms with E-state index in [0.29, 0.717) is 6.54 Å². The number of hydrogen-bond donors (Lipinski definition) is 2. The highest BCUT2D eigenvalue weighted by atomic mass is 35.5. The molecule has 1 aliphatic rings. The second-order valence-corrected chi connectivity index (χ2v) is 6.40. The molecule has 1 heterocycles. The molecule has 3 nitrogen and oxygen atoms in total. The monoisotopic (exact) mass is 329 g/mol. The topological polar surface area (TPSA) is 37.0 Å². The van der Waals surface area contributed by atoms with Crippen LogP contribution in [-0.2, 0) is 0 Å². The molecule has 0 aromatic heterocycles. The molecule has 3 rings (SSSR count). The van der Waals surface area contributed by atoms with Crippen molar-refractivity contribution in [1.29, 1.82) is 0 Å². The molecular formula is C19H22ClN2O+. The SMILES string of the molecule is Oc1ccccc1C=NC[C@@H](c1ccccc1Cl)[NH+]1CCCC1. The van der Waals surface area contributed by atoms with Crippen molar-refractivity contribution in [2.45, 2.75) is 18.9 Å². The van der Waals surface area contributed by atoms with E-state index in [2.05, 4.69) is 11.1 Å². The molecule has 1 fully saturated rings. The van der Waals surface area contributed by atoms with E-state index < -0.39 is 0 Å². The van der Waals surface area contributed by atoms with Crippen LogP contribution in [0.4, 0.5) is 0 Å². The summed E-state index contributed by atoms with van der Waals surface area (Å²) in [7, 11) is 0. The predicted molar refractivity (Wildman–Crippen MR) is 94.7 cm³/mol. The quantitative estimate of drug-likeness (QED) is 0.813. The Labute approximate surface area is 142 Å². The van der Waals surface area contributed by atoms with Crippen molar-refractivity contribution in [1.82, 2.24) is 0 Å². The maximum atomic E-state index is 9.83. The van der Waals surface area contributed by atoms with Crippen LogP contribution in [0, 0.1) is 0 Å². The summed E-state index contributed by atoms with van der Waals surface area (Å²) in [6.45, 7) is 3.01. The predicted octanol–water partition coefficient (Wildman–Crippen LogP) is 2.88. The summed E-state index contributed by atoms with van der Waals surface area (Å²) in [6, 6.07) is 15.6. The summed E-state index contributed by atoms with van der Waals surface area (Å²) in [5.41, 5.74) is 1.92. The van der Waals surface area contributed by atoms with E-state index >= 15 is 0 Å². The molecule has 2 aromatic rings. The van der Waals surface area contributed by atoms with Gasteiger partial charge in [0.05, 0.1) is 19.6 Å². The van der Waals surface area contributed by atoms with Gasteiger partial charge in [0.2, 0.25) is 0 Å². The Morgan fingerprint density at radius 3 is 2.52 bits per heavy atom. The van der Waals surface area contributed by atoms with Crippen LogP contribution in [0.15, 0.2) is 53.5 Å². The lowest BCUT2D eigenvalue weighted by atomic mass is 10.1. The lowest BCUT2D eigenvalue weighted by molar-refractivity contribution is -0.918. The zero-order valence-electron chi connectivity index (χ0n) is 13.1. The van der Waals surface area contributed by atoms with E-state index in [1.54, 1.807) is 17.2 Å². The Kier molecular flexibility index (Phi) is 5.31. The number of quaternary nitrogens is 1. The number of aliphatic imine (C=N–C) groups is 1. The van der Waals surface area contributed by atoms with Gasteiger partial charge >= 0.3 is 0 Å². The van der Waals surface area contributed by atoms with Crippen LogP contribution in [0.25, 0.3) is 0 Å². The third kappa shape index (κ3) is 3.92. The summed E-state index contributed by atoms with van der Waals surface area (Å²) in [4.78, 5) is 6.15. The maximum Gasteiger partial charge on any atom is 0.134 e. The zero-order chi connectivity index (χ0) is 16.1. The van der Waals surface area contributed by atoms with Crippen LogP contribution in [0.2, 0.25) is 5.02 Å². The smallest absolute Gasteiger partial charge is 0.134 e. The first-order valence-corrected chi connectivity index (χ1v) is 8.50. The van der Waals surface area contributed by atoms with Gasteiger partial charge in [0.25, 0.3) is 0 Å². The molecule has 1 saturated heterocycles. The Morgan fingerprint density at radius 2 is 1.78 bits per heavy atom. The third-order valence-electron chi connectivity index (χ3n) is 4.47. The van der Waals surface area contributed by atoms with Gasteiger partial charge in [-0.3, -0.25) is 4.99 Å². The molecule has 4 heteroatoms. The minimum atomic E-state index is 0.263. The molecular weight excluding hydrogens is 308 g/mol. The Morgan fingerprint density at radius 1 is 1.09 bits per heavy atom. The number of aromatic hydroxyl groups is 1. The average molecular weight is 330 g/mol. The molecule has 0 bridgehead atoms. The Bertz CT molecular complexity index is 681.